The molecule has 0 amide bonds. The topological polar surface area (TPSA) is 101 Å². The lowest BCUT2D eigenvalue weighted by Gasteiger charge is -2.32. The van der Waals surface area contributed by atoms with Gasteiger partial charge < -0.3 is 14.9 Å². The lowest BCUT2D eigenvalue weighted by Crippen LogP contribution is -2.34. The average Bonchev–Trinajstić information content (AvgIpc) is 2.60. The van der Waals surface area contributed by atoms with Crippen molar-refractivity contribution in [2.24, 2.45) is 0 Å². The van der Waals surface area contributed by atoms with Gasteiger partial charge >= 0.3 is 17.9 Å². The van der Waals surface area contributed by atoms with Crippen LogP contribution in [0, 0.1) is 0 Å². The normalized spacial score (nSPS) is 11.2. The van der Waals surface area contributed by atoms with Crippen LogP contribution in [0.25, 0.3) is 0 Å². The van der Waals surface area contributed by atoms with Gasteiger partial charge in [-0.25, -0.2) is 14.4 Å². The van der Waals surface area contributed by atoms with Crippen molar-refractivity contribution in [1.29, 1.82) is 0 Å². The fraction of sp³-hybridized carbons (Fsp3) is 0.526. The molecule has 2 N–H and O–H groups in total. The van der Waals surface area contributed by atoms with Crippen molar-refractivity contribution in [3.05, 3.63) is 34.9 Å². The van der Waals surface area contributed by atoms with Crippen LogP contribution >= 0.6 is 0 Å². The maximum absolute atomic E-state index is 12.6. The molecule has 1 aromatic carbocycles. The zero-order valence-corrected chi connectivity index (χ0v) is 15.0. The van der Waals surface area contributed by atoms with E-state index < -0.39 is 23.5 Å². The second kappa shape index (κ2) is 9.20. The molecule has 0 aromatic heterocycles. The number of carbonyl (C=O) groups is 3. The molecule has 0 bridgehead atoms. The van der Waals surface area contributed by atoms with Gasteiger partial charge in [0.15, 0.2) is 0 Å². The summed E-state index contributed by atoms with van der Waals surface area (Å²) < 4.78 is 5.71. The van der Waals surface area contributed by atoms with E-state index in [-0.39, 0.29) is 16.7 Å². The molecule has 138 valence electrons. The highest BCUT2D eigenvalue weighted by Gasteiger charge is 2.32. The number of ether oxygens (including phenoxy) is 1. The van der Waals surface area contributed by atoms with Crippen molar-refractivity contribution >= 4 is 17.9 Å². The van der Waals surface area contributed by atoms with E-state index in [9.17, 15) is 19.5 Å². The quantitative estimate of drug-likeness (QED) is 0.480. The van der Waals surface area contributed by atoms with Crippen LogP contribution in [-0.4, -0.2) is 33.7 Å². The number of hydrogen-bond donors (Lipinski definition) is 2. The molecule has 0 unspecified atom stereocenters. The van der Waals surface area contributed by atoms with E-state index >= 15 is 0 Å². The molecule has 0 radical (unpaired) electrons. The van der Waals surface area contributed by atoms with Crippen LogP contribution in [0.15, 0.2) is 18.2 Å². The Morgan fingerprint density at radius 3 is 2.08 bits per heavy atom. The van der Waals surface area contributed by atoms with Crippen LogP contribution in [0.2, 0.25) is 0 Å². The smallest absolute Gasteiger partial charge is 0.339 e. The Balaban J connectivity index is 3.12. The van der Waals surface area contributed by atoms with E-state index in [4.69, 9.17) is 9.84 Å². The summed E-state index contributed by atoms with van der Waals surface area (Å²) in [7, 11) is 0. The molecule has 25 heavy (non-hydrogen) atoms. The summed E-state index contributed by atoms with van der Waals surface area (Å²) in [4.78, 5) is 35.0. The van der Waals surface area contributed by atoms with Crippen molar-refractivity contribution in [2.45, 2.75) is 64.9 Å². The number of carboxylic acids is 2. The van der Waals surface area contributed by atoms with Crippen molar-refractivity contribution in [3.63, 3.8) is 0 Å². The highest BCUT2D eigenvalue weighted by atomic mass is 16.6. The number of carbonyl (C=O) groups excluding carboxylic acids is 1. The third-order valence-electron chi connectivity index (χ3n) is 4.55. The van der Waals surface area contributed by atoms with Crippen LogP contribution in [0.5, 0.6) is 0 Å². The number of benzene rings is 1. The van der Waals surface area contributed by atoms with Crippen molar-refractivity contribution in [3.8, 4) is 0 Å². The Bertz CT molecular complexity index is 631. The molecule has 1 rings (SSSR count). The van der Waals surface area contributed by atoms with Gasteiger partial charge in [-0.2, -0.15) is 0 Å². The molecule has 0 atom stereocenters. The first-order chi connectivity index (χ1) is 11.8. The van der Waals surface area contributed by atoms with Gasteiger partial charge in [-0.15, -0.1) is 0 Å². The number of esters is 1. The summed E-state index contributed by atoms with van der Waals surface area (Å²) in [5.74, 6) is -3.34. The third kappa shape index (κ3) is 5.31. The first-order valence-corrected chi connectivity index (χ1v) is 8.64. The summed E-state index contributed by atoms with van der Waals surface area (Å²) in [6.07, 6.45) is 5.00. The maximum atomic E-state index is 12.6. The Kier molecular flexibility index (Phi) is 7.61. The molecule has 1 aromatic rings. The van der Waals surface area contributed by atoms with Gasteiger partial charge in [0.2, 0.25) is 0 Å². The standard InChI is InChI=1S/C19H26O6/c1-4-7-8-11-19(5-2,6-3)25-18(24)14-10-9-13(16(20)21)12-15(14)17(22)23/h9-10,12H,4-8,11H2,1-3H3,(H,20,21)(H,22,23). The molecule has 0 aliphatic heterocycles. The van der Waals surface area contributed by atoms with Crippen LogP contribution in [0.4, 0.5) is 0 Å². The molecule has 0 heterocycles. The van der Waals surface area contributed by atoms with E-state index in [0.29, 0.717) is 12.8 Å². The van der Waals surface area contributed by atoms with Crippen LogP contribution in [-0.2, 0) is 4.74 Å². The van der Waals surface area contributed by atoms with E-state index in [1.165, 1.54) is 12.1 Å². The Hall–Kier alpha value is -2.37. The molecule has 0 aliphatic rings. The summed E-state index contributed by atoms with van der Waals surface area (Å²) >= 11 is 0. The summed E-state index contributed by atoms with van der Waals surface area (Å²) in [6.45, 7) is 5.97. The Morgan fingerprint density at radius 1 is 0.960 bits per heavy atom. The predicted octanol–water partition coefficient (Wildman–Crippen LogP) is 4.38. The van der Waals surface area contributed by atoms with Gasteiger partial charge in [0.1, 0.15) is 5.60 Å². The second-order valence-corrected chi connectivity index (χ2v) is 6.11. The van der Waals surface area contributed by atoms with E-state index in [1.807, 2.05) is 13.8 Å². The zero-order chi connectivity index (χ0) is 19.0. The minimum Gasteiger partial charge on any atom is -0.478 e. The number of unbranched alkanes of at least 4 members (excludes halogenated alkanes) is 2. The lowest BCUT2D eigenvalue weighted by atomic mass is 9.90. The monoisotopic (exact) mass is 350 g/mol. The molecule has 0 fully saturated rings. The molecule has 0 saturated carbocycles. The number of rotatable bonds is 10. The molecule has 0 saturated heterocycles. The van der Waals surface area contributed by atoms with Crippen molar-refractivity contribution < 1.29 is 29.3 Å². The van der Waals surface area contributed by atoms with Gasteiger partial charge in [0, 0.05) is 0 Å². The fourth-order valence-corrected chi connectivity index (χ4v) is 2.78. The van der Waals surface area contributed by atoms with E-state index in [1.54, 1.807) is 0 Å². The predicted molar refractivity (Wildman–Crippen MR) is 93.2 cm³/mol. The second-order valence-electron chi connectivity index (χ2n) is 6.11. The third-order valence-corrected chi connectivity index (χ3v) is 4.55. The zero-order valence-electron chi connectivity index (χ0n) is 15.0. The van der Waals surface area contributed by atoms with Gasteiger partial charge in [-0.3, -0.25) is 0 Å². The van der Waals surface area contributed by atoms with Crippen molar-refractivity contribution in [1.82, 2.24) is 0 Å². The molecule has 0 spiro atoms. The fourth-order valence-electron chi connectivity index (χ4n) is 2.78. The van der Waals surface area contributed by atoms with Crippen LogP contribution in [0.3, 0.4) is 0 Å². The van der Waals surface area contributed by atoms with Gasteiger partial charge in [0.25, 0.3) is 0 Å². The number of hydrogen-bond acceptors (Lipinski definition) is 4. The number of carboxylic acid groups (broad SMARTS) is 2. The first kappa shape index (κ1) is 20.7. The highest BCUT2D eigenvalue weighted by molar-refractivity contribution is 6.04. The minimum absolute atomic E-state index is 0.126. The first-order valence-electron chi connectivity index (χ1n) is 8.64. The van der Waals surface area contributed by atoms with Crippen molar-refractivity contribution in [2.75, 3.05) is 0 Å². The minimum atomic E-state index is -1.36. The largest absolute Gasteiger partial charge is 0.478 e. The maximum Gasteiger partial charge on any atom is 0.339 e. The molecule has 6 nitrogen and oxygen atoms in total. The van der Waals surface area contributed by atoms with E-state index in [2.05, 4.69) is 6.92 Å². The van der Waals surface area contributed by atoms with E-state index in [0.717, 1.165) is 31.7 Å². The average molecular weight is 350 g/mol. The summed E-state index contributed by atoms with van der Waals surface area (Å²) in [5, 5.41) is 18.3. The van der Waals surface area contributed by atoms with Crippen LogP contribution in [0.1, 0.15) is 90.4 Å². The molecule has 0 aliphatic carbocycles. The van der Waals surface area contributed by atoms with Crippen LogP contribution < -0.4 is 0 Å². The van der Waals surface area contributed by atoms with Gasteiger partial charge in [0.05, 0.1) is 16.7 Å². The molecular formula is C19H26O6. The molecular weight excluding hydrogens is 324 g/mol. The Labute approximate surface area is 147 Å². The number of aromatic carboxylic acids is 2. The van der Waals surface area contributed by atoms with Gasteiger partial charge in [-0.05, 0) is 43.9 Å². The summed E-state index contributed by atoms with van der Waals surface area (Å²) in [6, 6.07) is 3.40. The molecule has 6 heteroatoms. The highest BCUT2D eigenvalue weighted by Crippen LogP contribution is 2.29. The Morgan fingerprint density at radius 2 is 1.60 bits per heavy atom. The SMILES string of the molecule is CCCCCC(CC)(CC)OC(=O)c1ccc(C(=O)O)cc1C(=O)O. The lowest BCUT2D eigenvalue weighted by molar-refractivity contribution is -0.0287. The van der Waals surface area contributed by atoms with Gasteiger partial charge in [-0.1, -0.05) is 33.6 Å². The summed E-state index contributed by atoms with van der Waals surface area (Å²) in [5.41, 5.74) is -1.30.